The van der Waals surface area contributed by atoms with Gasteiger partial charge in [0, 0.05) is 14.7 Å². The normalized spacial score (nSPS) is 29.5. The Morgan fingerprint density at radius 3 is 2.50 bits per heavy atom. The summed E-state index contributed by atoms with van der Waals surface area (Å²) < 4.78 is -1.10. The fraction of sp³-hybridized carbons (Fsp3) is 0.143. The molecule has 0 saturated heterocycles. The van der Waals surface area contributed by atoms with E-state index in [0.29, 0.717) is 0 Å². The van der Waals surface area contributed by atoms with Crippen molar-refractivity contribution in [1.82, 2.24) is 0 Å². The average Bonchev–Trinajstić information content (AvgIpc) is 3.18. The van der Waals surface area contributed by atoms with Crippen LogP contribution < -0.4 is 0 Å². The molecule has 3 rings (SSSR count). The van der Waals surface area contributed by atoms with E-state index in [4.69, 9.17) is 5.11 Å². The van der Waals surface area contributed by atoms with E-state index in [1.54, 1.807) is 30.4 Å². The molecule has 116 valence electrons. The summed E-state index contributed by atoms with van der Waals surface area (Å²) >= 11 is 3.89. The Hall–Kier alpha value is -1.15. The molecule has 8 heteroatoms. The molecule has 2 N–H and O–H groups in total. The molecule has 4 nitrogen and oxygen atoms in total. The van der Waals surface area contributed by atoms with Gasteiger partial charge in [-0.25, -0.2) is 4.79 Å². The smallest absolute Gasteiger partial charge is 0.329 e. The third kappa shape index (κ3) is 2.86. The Morgan fingerprint density at radius 2 is 1.95 bits per heavy atom. The molecule has 1 aromatic heterocycles. The summed E-state index contributed by atoms with van der Waals surface area (Å²) in [6.07, 6.45) is 6.82. The monoisotopic (exact) mass is 374 g/mol. The van der Waals surface area contributed by atoms with E-state index in [2.05, 4.69) is 0 Å². The molecule has 0 aliphatic carbocycles. The van der Waals surface area contributed by atoms with Crippen LogP contribution in [0.5, 0.6) is 0 Å². The highest BCUT2D eigenvalue weighted by molar-refractivity contribution is 8.09. The van der Waals surface area contributed by atoms with Crippen molar-refractivity contribution < 1.29 is 19.8 Å². The van der Waals surface area contributed by atoms with Gasteiger partial charge in [-0.2, -0.15) is 0 Å². The van der Waals surface area contributed by atoms with Gasteiger partial charge >= 0.3 is 11.9 Å². The average molecular weight is 375 g/mol. The van der Waals surface area contributed by atoms with Gasteiger partial charge in [0.1, 0.15) is 5.25 Å². The molecule has 0 amide bonds. The largest absolute Gasteiger partial charge is 0.480 e. The van der Waals surface area contributed by atoms with Gasteiger partial charge in [0.25, 0.3) is 0 Å². The van der Waals surface area contributed by atoms with Crippen molar-refractivity contribution in [2.24, 2.45) is 0 Å². The Kier molecular flexibility index (Phi) is 5.11. The van der Waals surface area contributed by atoms with E-state index in [9.17, 15) is 14.7 Å². The van der Waals surface area contributed by atoms with Gasteiger partial charge in [0.15, 0.2) is 4.75 Å². The van der Waals surface area contributed by atoms with Crippen LogP contribution in [0.2, 0.25) is 0 Å². The molecule has 2 aliphatic rings. The van der Waals surface area contributed by atoms with Gasteiger partial charge in [-0.05, 0) is 23.6 Å². The summed E-state index contributed by atoms with van der Waals surface area (Å²) in [4.78, 5) is 25.1. The number of halogens is 1. The van der Waals surface area contributed by atoms with Crippen LogP contribution in [0.15, 0.2) is 51.6 Å². The van der Waals surface area contributed by atoms with Gasteiger partial charge in [0.05, 0.1) is 0 Å². The standard InChI is InChI=1S/C14H10O4S3.ClH/c15-12(16)10-4-3-8(20-10)9-5-6-14(21-9,13(17)18)11-2-1-7-19-11;/h1-7,10H,(H,15,16)(H,17,18);1H. The number of rotatable bonds is 3. The predicted molar refractivity (Wildman–Crippen MR) is 92.8 cm³/mol. The molecule has 2 atom stereocenters. The molecule has 0 radical (unpaired) electrons. The maximum atomic E-state index is 11.7. The number of aliphatic carboxylic acids is 2. The fourth-order valence-corrected chi connectivity index (χ4v) is 5.32. The molecule has 22 heavy (non-hydrogen) atoms. The first-order valence-corrected chi connectivity index (χ1v) is 8.58. The molecule has 0 aromatic carbocycles. The maximum absolute atomic E-state index is 11.7. The summed E-state index contributed by atoms with van der Waals surface area (Å²) in [5.74, 6) is -1.80. The highest BCUT2D eigenvalue weighted by atomic mass is 35.5. The summed E-state index contributed by atoms with van der Waals surface area (Å²) in [7, 11) is 0. The number of carbonyl (C=O) groups is 2. The molecule has 0 saturated carbocycles. The number of hydrogen-bond donors (Lipinski definition) is 2. The van der Waals surface area contributed by atoms with Crippen LogP contribution >= 0.6 is 47.3 Å². The molecule has 2 unspecified atom stereocenters. The van der Waals surface area contributed by atoms with Crippen molar-refractivity contribution >= 4 is 59.2 Å². The number of thioether (sulfide) groups is 2. The molecule has 0 bridgehead atoms. The zero-order valence-corrected chi connectivity index (χ0v) is 14.2. The third-order valence-corrected chi connectivity index (χ3v) is 7.02. The predicted octanol–water partition coefficient (Wildman–Crippen LogP) is 3.72. The number of carboxylic acid groups (broad SMARTS) is 2. The summed E-state index contributed by atoms with van der Waals surface area (Å²) in [5.41, 5.74) is 0. The fourth-order valence-electron chi connectivity index (χ4n) is 2.07. The Morgan fingerprint density at radius 1 is 1.18 bits per heavy atom. The lowest BCUT2D eigenvalue weighted by atomic mass is 10.1. The lowest BCUT2D eigenvalue weighted by Crippen LogP contribution is -2.27. The number of allylic oxidation sites excluding steroid dienone is 2. The summed E-state index contributed by atoms with van der Waals surface area (Å²) in [6, 6.07) is 3.64. The van der Waals surface area contributed by atoms with Gasteiger partial charge < -0.3 is 10.2 Å². The quantitative estimate of drug-likeness (QED) is 0.839. The second-order valence-corrected chi connectivity index (χ2v) is 7.84. The van der Waals surface area contributed by atoms with Crippen LogP contribution in [0.25, 0.3) is 0 Å². The van der Waals surface area contributed by atoms with Gasteiger partial charge in [-0.1, -0.05) is 30.0 Å². The van der Waals surface area contributed by atoms with Crippen molar-refractivity contribution in [1.29, 1.82) is 0 Å². The minimum Gasteiger partial charge on any atom is -0.480 e. The van der Waals surface area contributed by atoms with Crippen molar-refractivity contribution in [2.75, 3.05) is 0 Å². The van der Waals surface area contributed by atoms with E-state index in [0.717, 1.165) is 14.7 Å². The highest BCUT2D eigenvalue weighted by Gasteiger charge is 2.44. The van der Waals surface area contributed by atoms with Crippen LogP contribution in [0.3, 0.4) is 0 Å². The van der Waals surface area contributed by atoms with Crippen LogP contribution in [0, 0.1) is 0 Å². The van der Waals surface area contributed by atoms with Gasteiger partial charge in [-0.15, -0.1) is 35.5 Å². The molecule has 0 spiro atoms. The van der Waals surface area contributed by atoms with E-state index in [-0.39, 0.29) is 12.4 Å². The van der Waals surface area contributed by atoms with Crippen molar-refractivity contribution in [3.05, 3.63) is 56.5 Å². The van der Waals surface area contributed by atoms with Crippen LogP contribution in [-0.2, 0) is 14.3 Å². The number of thiophene rings is 1. The summed E-state index contributed by atoms with van der Waals surface area (Å²) in [5, 5.41) is 19.9. The Balaban J connectivity index is 0.00000176. The molecular formula is C14H11ClO4S3. The SMILES string of the molecule is Cl.O=C(O)C1C=CC(=C2C=CC(C(=O)O)(c3cccs3)S2)S1. The third-order valence-electron chi connectivity index (χ3n) is 3.11. The molecule has 2 aliphatic heterocycles. The van der Waals surface area contributed by atoms with E-state index in [1.165, 1.54) is 34.9 Å². The topological polar surface area (TPSA) is 74.6 Å². The second kappa shape index (κ2) is 6.54. The minimum atomic E-state index is -1.10. The van der Waals surface area contributed by atoms with E-state index < -0.39 is 21.9 Å². The van der Waals surface area contributed by atoms with E-state index >= 15 is 0 Å². The maximum Gasteiger partial charge on any atom is 0.329 e. The van der Waals surface area contributed by atoms with Gasteiger partial charge in [-0.3, -0.25) is 4.79 Å². The van der Waals surface area contributed by atoms with Crippen molar-refractivity contribution in [3.63, 3.8) is 0 Å². The Bertz CT molecular complexity index is 693. The zero-order valence-electron chi connectivity index (χ0n) is 11.0. The first-order chi connectivity index (χ1) is 10.0. The zero-order chi connectivity index (χ0) is 15.0. The molecule has 1 aromatic rings. The van der Waals surface area contributed by atoms with Crippen molar-refractivity contribution in [3.8, 4) is 0 Å². The highest BCUT2D eigenvalue weighted by Crippen LogP contribution is 2.53. The number of carboxylic acids is 2. The lowest BCUT2D eigenvalue weighted by molar-refractivity contribution is -0.138. The van der Waals surface area contributed by atoms with Crippen molar-refractivity contribution in [2.45, 2.75) is 10.00 Å². The first kappa shape index (κ1) is 17.2. The molecular weight excluding hydrogens is 364 g/mol. The van der Waals surface area contributed by atoms with Crippen LogP contribution in [-0.4, -0.2) is 27.4 Å². The molecule has 3 heterocycles. The lowest BCUT2D eigenvalue weighted by Gasteiger charge is -2.20. The first-order valence-electron chi connectivity index (χ1n) is 6.00. The number of hydrogen-bond acceptors (Lipinski definition) is 5. The van der Waals surface area contributed by atoms with Crippen LogP contribution in [0.4, 0.5) is 0 Å². The Labute approximate surface area is 145 Å². The minimum absolute atomic E-state index is 0. The van der Waals surface area contributed by atoms with Gasteiger partial charge in [0.2, 0.25) is 0 Å². The van der Waals surface area contributed by atoms with Crippen LogP contribution in [0.1, 0.15) is 4.88 Å². The second-order valence-electron chi connectivity index (χ2n) is 4.42. The summed E-state index contributed by atoms with van der Waals surface area (Å²) in [6.45, 7) is 0. The van der Waals surface area contributed by atoms with E-state index in [1.807, 2.05) is 11.4 Å². The molecule has 0 fully saturated rings.